The number of benzene rings is 1. The SMILES string of the molecule is CC(C)C(=O)C1CN(c2ccccc2)C(=O)C1=O. The first-order valence-electron chi connectivity index (χ1n) is 5.97. The molecule has 1 amide bonds. The van der Waals surface area contributed by atoms with Crippen LogP contribution in [0.1, 0.15) is 13.8 Å². The molecular weight excluding hydrogens is 230 g/mol. The number of rotatable bonds is 3. The average Bonchev–Trinajstić information content (AvgIpc) is 2.67. The second kappa shape index (κ2) is 4.72. The standard InChI is InChI=1S/C14H15NO3/c1-9(2)12(16)11-8-15(14(18)13(11)17)10-6-4-3-5-7-10/h3-7,9,11H,8H2,1-2H3. The van der Waals surface area contributed by atoms with Gasteiger partial charge in [0, 0.05) is 18.2 Å². The molecule has 0 bridgehead atoms. The summed E-state index contributed by atoms with van der Waals surface area (Å²) in [7, 11) is 0. The van der Waals surface area contributed by atoms with Crippen molar-refractivity contribution in [2.75, 3.05) is 11.4 Å². The molecule has 1 unspecified atom stereocenters. The second-order valence-electron chi connectivity index (χ2n) is 4.73. The van der Waals surface area contributed by atoms with Crippen LogP contribution in [0.4, 0.5) is 5.69 Å². The first-order chi connectivity index (χ1) is 8.52. The minimum Gasteiger partial charge on any atom is -0.305 e. The molecule has 4 heteroatoms. The number of hydrogen-bond donors (Lipinski definition) is 0. The molecule has 0 radical (unpaired) electrons. The van der Waals surface area contributed by atoms with Crippen LogP contribution < -0.4 is 4.90 Å². The predicted molar refractivity (Wildman–Crippen MR) is 67.1 cm³/mol. The summed E-state index contributed by atoms with van der Waals surface area (Å²) >= 11 is 0. The van der Waals surface area contributed by atoms with Crippen LogP contribution >= 0.6 is 0 Å². The Morgan fingerprint density at radius 1 is 1.22 bits per heavy atom. The number of Topliss-reactive ketones (excluding diaryl/α,β-unsaturated/α-hetero) is 2. The van der Waals surface area contributed by atoms with Crippen LogP contribution in [0.2, 0.25) is 0 Å². The van der Waals surface area contributed by atoms with Crippen molar-refractivity contribution >= 4 is 23.2 Å². The normalized spacial score (nSPS) is 19.7. The number of anilines is 1. The fourth-order valence-electron chi connectivity index (χ4n) is 2.08. The molecule has 2 rings (SSSR count). The second-order valence-corrected chi connectivity index (χ2v) is 4.73. The fraction of sp³-hybridized carbons (Fsp3) is 0.357. The van der Waals surface area contributed by atoms with Gasteiger partial charge in [0.05, 0.1) is 0 Å². The molecule has 0 spiro atoms. The molecule has 1 atom stereocenters. The molecule has 0 aromatic heterocycles. The van der Waals surface area contributed by atoms with Crippen molar-refractivity contribution in [1.29, 1.82) is 0 Å². The predicted octanol–water partition coefficient (Wildman–Crippen LogP) is 1.44. The van der Waals surface area contributed by atoms with Gasteiger partial charge in [-0.25, -0.2) is 0 Å². The number of nitrogens with zero attached hydrogens (tertiary/aromatic N) is 1. The Bertz CT molecular complexity index is 493. The van der Waals surface area contributed by atoms with Crippen LogP contribution in [0.25, 0.3) is 0 Å². The number of carbonyl (C=O) groups excluding carboxylic acids is 3. The van der Waals surface area contributed by atoms with Gasteiger partial charge in [-0.05, 0) is 12.1 Å². The van der Waals surface area contributed by atoms with E-state index in [4.69, 9.17) is 0 Å². The van der Waals surface area contributed by atoms with Gasteiger partial charge in [-0.2, -0.15) is 0 Å². The highest BCUT2D eigenvalue weighted by atomic mass is 16.2. The van der Waals surface area contributed by atoms with Gasteiger partial charge in [0.25, 0.3) is 5.91 Å². The zero-order chi connectivity index (χ0) is 13.3. The Morgan fingerprint density at radius 2 is 1.83 bits per heavy atom. The molecule has 0 saturated carbocycles. The van der Waals surface area contributed by atoms with Crippen molar-refractivity contribution in [3.8, 4) is 0 Å². The Kier molecular flexibility index (Phi) is 3.28. The van der Waals surface area contributed by atoms with Gasteiger partial charge in [0.2, 0.25) is 5.78 Å². The van der Waals surface area contributed by atoms with Crippen molar-refractivity contribution in [1.82, 2.24) is 0 Å². The summed E-state index contributed by atoms with van der Waals surface area (Å²) in [6.45, 7) is 3.65. The Morgan fingerprint density at radius 3 is 2.39 bits per heavy atom. The summed E-state index contributed by atoms with van der Waals surface area (Å²) in [4.78, 5) is 37.0. The third kappa shape index (κ3) is 2.06. The van der Waals surface area contributed by atoms with E-state index >= 15 is 0 Å². The third-order valence-corrected chi connectivity index (χ3v) is 3.12. The number of ketones is 2. The van der Waals surface area contributed by atoms with Gasteiger partial charge in [-0.3, -0.25) is 14.4 Å². The van der Waals surface area contributed by atoms with E-state index in [-0.39, 0.29) is 18.2 Å². The zero-order valence-corrected chi connectivity index (χ0v) is 10.4. The highest BCUT2D eigenvalue weighted by Crippen LogP contribution is 2.24. The maximum atomic E-state index is 11.9. The molecule has 1 heterocycles. The number of hydrogen-bond acceptors (Lipinski definition) is 3. The maximum absolute atomic E-state index is 11.9. The summed E-state index contributed by atoms with van der Waals surface area (Å²) in [5, 5.41) is 0. The van der Waals surface area contributed by atoms with Crippen LogP contribution in [0, 0.1) is 11.8 Å². The van der Waals surface area contributed by atoms with E-state index in [1.165, 1.54) is 4.90 Å². The van der Waals surface area contributed by atoms with E-state index in [1.54, 1.807) is 38.1 Å². The molecule has 4 nitrogen and oxygen atoms in total. The molecule has 1 aliphatic heterocycles. The van der Waals surface area contributed by atoms with Crippen molar-refractivity contribution < 1.29 is 14.4 Å². The van der Waals surface area contributed by atoms with Gasteiger partial charge in [0.15, 0.2) is 0 Å². The van der Waals surface area contributed by atoms with Crippen LogP contribution in [0.15, 0.2) is 30.3 Å². The summed E-state index contributed by atoms with van der Waals surface area (Å²) in [5.74, 6) is -2.37. The van der Waals surface area contributed by atoms with E-state index in [0.717, 1.165) is 0 Å². The first-order valence-corrected chi connectivity index (χ1v) is 5.97. The average molecular weight is 245 g/mol. The van der Waals surface area contributed by atoms with Crippen molar-refractivity contribution in [3.05, 3.63) is 30.3 Å². The van der Waals surface area contributed by atoms with Crippen molar-refractivity contribution in [3.63, 3.8) is 0 Å². The van der Waals surface area contributed by atoms with E-state index in [9.17, 15) is 14.4 Å². The smallest absolute Gasteiger partial charge is 0.295 e. The topological polar surface area (TPSA) is 54.5 Å². The lowest BCUT2D eigenvalue weighted by Crippen LogP contribution is -2.27. The van der Waals surface area contributed by atoms with E-state index in [2.05, 4.69) is 0 Å². The van der Waals surface area contributed by atoms with Crippen molar-refractivity contribution in [2.24, 2.45) is 11.8 Å². The summed E-state index contributed by atoms with van der Waals surface area (Å²) in [6.07, 6.45) is 0. The van der Waals surface area contributed by atoms with E-state index < -0.39 is 17.6 Å². The van der Waals surface area contributed by atoms with E-state index in [1.807, 2.05) is 6.07 Å². The Balaban J connectivity index is 2.26. The quantitative estimate of drug-likeness (QED) is 0.598. The molecule has 1 aromatic rings. The number of amides is 1. The minimum absolute atomic E-state index is 0.160. The van der Waals surface area contributed by atoms with Crippen LogP contribution in [-0.4, -0.2) is 24.0 Å². The molecule has 0 N–H and O–H groups in total. The third-order valence-electron chi connectivity index (χ3n) is 3.12. The minimum atomic E-state index is -0.808. The monoisotopic (exact) mass is 245 g/mol. The van der Waals surface area contributed by atoms with Gasteiger partial charge in [-0.1, -0.05) is 32.0 Å². The van der Waals surface area contributed by atoms with Gasteiger partial charge < -0.3 is 4.90 Å². The molecule has 18 heavy (non-hydrogen) atoms. The zero-order valence-electron chi connectivity index (χ0n) is 10.4. The molecule has 1 aromatic carbocycles. The largest absolute Gasteiger partial charge is 0.305 e. The molecule has 1 saturated heterocycles. The van der Waals surface area contributed by atoms with E-state index in [0.29, 0.717) is 5.69 Å². The summed E-state index contributed by atoms with van der Waals surface area (Å²) < 4.78 is 0. The van der Waals surface area contributed by atoms with Gasteiger partial charge in [-0.15, -0.1) is 0 Å². The highest BCUT2D eigenvalue weighted by Gasteiger charge is 2.43. The lowest BCUT2D eigenvalue weighted by atomic mass is 9.94. The lowest BCUT2D eigenvalue weighted by Gasteiger charge is -2.15. The molecule has 1 fully saturated rings. The summed E-state index contributed by atoms with van der Waals surface area (Å²) in [5.41, 5.74) is 0.662. The van der Waals surface area contributed by atoms with Gasteiger partial charge >= 0.3 is 0 Å². The molecule has 1 aliphatic rings. The fourth-order valence-corrected chi connectivity index (χ4v) is 2.08. The number of carbonyl (C=O) groups is 3. The summed E-state index contributed by atoms with van der Waals surface area (Å²) in [6, 6.07) is 8.94. The number of para-hydroxylation sites is 1. The first kappa shape index (κ1) is 12.5. The highest BCUT2D eigenvalue weighted by molar-refractivity contribution is 6.47. The Hall–Kier alpha value is -1.97. The Labute approximate surface area is 106 Å². The van der Waals surface area contributed by atoms with Crippen molar-refractivity contribution in [2.45, 2.75) is 13.8 Å². The molecular formula is C14H15NO3. The molecule has 94 valence electrons. The lowest BCUT2D eigenvalue weighted by molar-refractivity contribution is -0.139. The maximum Gasteiger partial charge on any atom is 0.295 e. The van der Waals surface area contributed by atoms with Gasteiger partial charge in [0.1, 0.15) is 11.7 Å². The van der Waals surface area contributed by atoms with Crippen LogP contribution in [0.3, 0.4) is 0 Å². The molecule has 0 aliphatic carbocycles. The van der Waals surface area contributed by atoms with Crippen LogP contribution in [0.5, 0.6) is 0 Å². The van der Waals surface area contributed by atoms with Crippen LogP contribution in [-0.2, 0) is 14.4 Å².